The molecule has 102 valence electrons. The number of phenols is 1. The van der Waals surface area contributed by atoms with Crippen molar-refractivity contribution in [1.29, 1.82) is 0 Å². The average Bonchev–Trinajstić information content (AvgIpc) is 2.39. The molecule has 1 aromatic rings. The lowest BCUT2D eigenvalue weighted by molar-refractivity contribution is -0.150. The normalized spacial score (nSPS) is 23.1. The Bertz CT molecular complexity index is 497. The molecule has 1 aromatic carbocycles. The molecule has 0 spiro atoms. The Balaban J connectivity index is 2.15. The number of rotatable bonds is 2. The lowest BCUT2D eigenvalue weighted by Crippen LogP contribution is -2.48. The van der Waals surface area contributed by atoms with Crippen LogP contribution in [-0.2, 0) is 4.79 Å². The summed E-state index contributed by atoms with van der Waals surface area (Å²) in [5, 5.41) is 18.4. The number of likely N-dealkylation sites (tertiary alicyclic amines) is 1. The zero-order valence-corrected chi connectivity index (χ0v) is 10.8. The molecule has 5 heteroatoms. The van der Waals surface area contributed by atoms with Crippen molar-refractivity contribution in [2.45, 2.75) is 19.8 Å². The second-order valence-electron chi connectivity index (χ2n) is 5.24. The number of carbonyl (C=O) groups is 2. The summed E-state index contributed by atoms with van der Waals surface area (Å²) in [5.74, 6) is -0.951. The fourth-order valence-corrected chi connectivity index (χ4v) is 2.37. The first-order valence-corrected chi connectivity index (χ1v) is 6.24. The van der Waals surface area contributed by atoms with E-state index in [4.69, 9.17) is 0 Å². The van der Waals surface area contributed by atoms with Crippen molar-refractivity contribution < 1.29 is 19.8 Å². The van der Waals surface area contributed by atoms with E-state index in [0.717, 1.165) is 0 Å². The van der Waals surface area contributed by atoms with E-state index >= 15 is 0 Å². The maximum atomic E-state index is 12.3. The number of hydrogen-bond acceptors (Lipinski definition) is 3. The third-order valence-corrected chi connectivity index (χ3v) is 3.61. The molecule has 1 saturated heterocycles. The molecule has 1 fully saturated rings. The van der Waals surface area contributed by atoms with Gasteiger partial charge in [-0.1, -0.05) is 0 Å². The van der Waals surface area contributed by atoms with Gasteiger partial charge in [0.25, 0.3) is 5.91 Å². The van der Waals surface area contributed by atoms with Gasteiger partial charge in [0, 0.05) is 18.7 Å². The fourth-order valence-electron chi connectivity index (χ4n) is 2.37. The van der Waals surface area contributed by atoms with Gasteiger partial charge in [-0.15, -0.1) is 0 Å². The van der Waals surface area contributed by atoms with E-state index in [1.807, 2.05) is 0 Å². The highest BCUT2D eigenvalue weighted by atomic mass is 16.4. The first kappa shape index (κ1) is 13.4. The van der Waals surface area contributed by atoms with Gasteiger partial charge in [-0.05, 0) is 44.0 Å². The Morgan fingerprint density at radius 3 is 2.47 bits per heavy atom. The zero-order valence-electron chi connectivity index (χ0n) is 10.8. The lowest BCUT2D eigenvalue weighted by Gasteiger charge is -2.37. The molecule has 1 unspecified atom stereocenters. The largest absolute Gasteiger partial charge is 0.508 e. The highest BCUT2D eigenvalue weighted by molar-refractivity contribution is 5.94. The summed E-state index contributed by atoms with van der Waals surface area (Å²) in [6.07, 6.45) is 1.27. The Labute approximate surface area is 111 Å². The zero-order chi connectivity index (χ0) is 14.0. The van der Waals surface area contributed by atoms with E-state index in [0.29, 0.717) is 24.9 Å². The van der Waals surface area contributed by atoms with Gasteiger partial charge in [0.15, 0.2) is 0 Å². The molecule has 1 aliphatic heterocycles. The molecule has 0 saturated carbocycles. The summed E-state index contributed by atoms with van der Waals surface area (Å²) in [6, 6.07) is 6.00. The van der Waals surface area contributed by atoms with Crippen LogP contribution in [0.3, 0.4) is 0 Å². The van der Waals surface area contributed by atoms with Gasteiger partial charge in [0.05, 0.1) is 5.41 Å². The summed E-state index contributed by atoms with van der Waals surface area (Å²) in [5.41, 5.74) is -0.405. The summed E-state index contributed by atoms with van der Waals surface area (Å²) in [4.78, 5) is 25.1. The van der Waals surface area contributed by atoms with Crippen LogP contribution in [0.1, 0.15) is 30.1 Å². The smallest absolute Gasteiger partial charge is 0.311 e. The number of carbonyl (C=O) groups excluding carboxylic acids is 1. The van der Waals surface area contributed by atoms with Crippen LogP contribution in [0.5, 0.6) is 5.75 Å². The van der Waals surface area contributed by atoms with Gasteiger partial charge in [-0.25, -0.2) is 0 Å². The van der Waals surface area contributed by atoms with E-state index in [2.05, 4.69) is 0 Å². The number of phenolic OH excluding ortho intramolecular Hbond substituents is 1. The minimum absolute atomic E-state index is 0.102. The summed E-state index contributed by atoms with van der Waals surface area (Å²) < 4.78 is 0. The minimum Gasteiger partial charge on any atom is -0.508 e. The molecule has 1 heterocycles. The maximum absolute atomic E-state index is 12.3. The molecular weight excluding hydrogens is 246 g/mol. The number of carboxylic acid groups (broad SMARTS) is 1. The van der Waals surface area contributed by atoms with Crippen molar-refractivity contribution >= 4 is 11.9 Å². The van der Waals surface area contributed by atoms with Gasteiger partial charge in [-0.2, -0.15) is 0 Å². The molecule has 0 radical (unpaired) electrons. The van der Waals surface area contributed by atoms with Gasteiger partial charge >= 0.3 is 5.97 Å². The van der Waals surface area contributed by atoms with E-state index in [1.165, 1.54) is 12.1 Å². The van der Waals surface area contributed by atoms with Gasteiger partial charge in [0.2, 0.25) is 0 Å². The topological polar surface area (TPSA) is 77.8 Å². The molecule has 2 rings (SSSR count). The highest BCUT2D eigenvalue weighted by Gasteiger charge is 2.39. The Hall–Kier alpha value is -2.04. The Morgan fingerprint density at radius 2 is 1.89 bits per heavy atom. The van der Waals surface area contributed by atoms with Crippen LogP contribution in [0.25, 0.3) is 0 Å². The van der Waals surface area contributed by atoms with Crippen LogP contribution in [0.4, 0.5) is 0 Å². The van der Waals surface area contributed by atoms with Crippen molar-refractivity contribution in [3.8, 4) is 5.75 Å². The van der Waals surface area contributed by atoms with Crippen LogP contribution < -0.4 is 0 Å². The van der Waals surface area contributed by atoms with Crippen molar-refractivity contribution in [3.63, 3.8) is 0 Å². The van der Waals surface area contributed by atoms with Crippen LogP contribution in [0.15, 0.2) is 24.3 Å². The number of aliphatic carboxylic acids is 1. The third kappa shape index (κ3) is 2.70. The summed E-state index contributed by atoms with van der Waals surface area (Å²) >= 11 is 0. The first-order chi connectivity index (χ1) is 8.92. The van der Waals surface area contributed by atoms with Crippen molar-refractivity contribution in [2.24, 2.45) is 5.41 Å². The first-order valence-electron chi connectivity index (χ1n) is 6.24. The molecule has 19 heavy (non-hydrogen) atoms. The quantitative estimate of drug-likeness (QED) is 0.851. The molecule has 0 aliphatic carbocycles. The minimum atomic E-state index is -0.870. The molecule has 0 bridgehead atoms. The number of piperidine rings is 1. The van der Waals surface area contributed by atoms with Crippen molar-refractivity contribution in [1.82, 2.24) is 4.90 Å². The molecule has 5 nitrogen and oxygen atoms in total. The van der Waals surface area contributed by atoms with E-state index in [1.54, 1.807) is 24.0 Å². The molecule has 1 amide bonds. The average molecular weight is 263 g/mol. The second kappa shape index (κ2) is 4.91. The maximum Gasteiger partial charge on any atom is 0.311 e. The SMILES string of the molecule is CC1(C(=O)O)CCCN(C(=O)c2ccc(O)cc2)C1. The standard InChI is InChI=1S/C14H17NO4/c1-14(13(18)19)7-2-8-15(9-14)12(17)10-3-5-11(16)6-4-10/h3-6,16H,2,7-9H2,1H3,(H,18,19). The van der Waals surface area contributed by atoms with E-state index < -0.39 is 11.4 Å². The fraction of sp³-hybridized carbons (Fsp3) is 0.429. The van der Waals surface area contributed by atoms with Crippen molar-refractivity contribution in [3.05, 3.63) is 29.8 Å². The van der Waals surface area contributed by atoms with Crippen LogP contribution >= 0.6 is 0 Å². The second-order valence-corrected chi connectivity index (χ2v) is 5.24. The predicted octanol–water partition coefficient (Wildman–Crippen LogP) is 1.72. The number of hydrogen-bond donors (Lipinski definition) is 2. The van der Waals surface area contributed by atoms with Gasteiger partial charge < -0.3 is 15.1 Å². The molecular formula is C14H17NO4. The van der Waals surface area contributed by atoms with Gasteiger partial charge in [0.1, 0.15) is 5.75 Å². The van der Waals surface area contributed by atoms with E-state index in [-0.39, 0.29) is 18.2 Å². The summed E-state index contributed by atoms with van der Waals surface area (Å²) in [6.45, 7) is 2.47. The Morgan fingerprint density at radius 1 is 1.26 bits per heavy atom. The molecule has 0 aromatic heterocycles. The monoisotopic (exact) mass is 263 g/mol. The number of aromatic hydroxyl groups is 1. The highest BCUT2D eigenvalue weighted by Crippen LogP contribution is 2.30. The number of nitrogens with zero attached hydrogens (tertiary/aromatic N) is 1. The van der Waals surface area contributed by atoms with Crippen LogP contribution in [0.2, 0.25) is 0 Å². The number of amides is 1. The Kier molecular flexibility index (Phi) is 3.46. The van der Waals surface area contributed by atoms with Crippen molar-refractivity contribution in [2.75, 3.05) is 13.1 Å². The van der Waals surface area contributed by atoms with Crippen LogP contribution in [0, 0.1) is 5.41 Å². The molecule has 1 aliphatic rings. The number of benzene rings is 1. The third-order valence-electron chi connectivity index (χ3n) is 3.61. The molecule has 2 N–H and O–H groups in total. The summed E-state index contributed by atoms with van der Waals surface area (Å²) in [7, 11) is 0. The predicted molar refractivity (Wildman–Crippen MR) is 69.0 cm³/mol. The lowest BCUT2D eigenvalue weighted by atomic mass is 9.82. The molecule has 1 atom stereocenters. The van der Waals surface area contributed by atoms with E-state index in [9.17, 15) is 19.8 Å². The van der Waals surface area contributed by atoms with Gasteiger partial charge in [-0.3, -0.25) is 9.59 Å². The van der Waals surface area contributed by atoms with Crippen LogP contribution in [-0.4, -0.2) is 40.1 Å². The number of carboxylic acids is 1.